The van der Waals surface area contributed by atoms with E-state index in [1.54, 1.807) is 0 Å². The lowest BCUT2D eigenvalue weighted by atomic mass is 10.5. The van der Waals surface area contributed by atoms with Crippen molar-refractivity contribution in [2.45, 2.75) is 7.43 Å². The molecule has 0 amide bonds. The number of hydrogen-bond donors (Lipinski definition) is 4. The second-order valence-corrected chi connectivity index (χ2v) is 3.20. The first-order chi connectivity index (χ1) is 6.88. The van der Waals surface area contributed by atoms with E-state index in [1.165, 1.54) is 12.7 Å². The van der Waals surface area contributed by atoms with Gasteiger partial charge in [0.05, 0.1) is 6.33 Å². The second kappa shape index (κ2) is 5.34. The molecule has 0 atom stereocenters. The normalized spacial score (nSPS) is 10.1. The van der Waals surface area contributed by atoms with Crippen molar-refractivity contribution in [3.8, 4) is 0 Å². The Hall–Kier alpha value is -1.78. The summed E-state index contributed by atoms with van der Waals surface area (Å²) < 4.78 is 31.6. The van der Waals surface area contributed by atoms with Crippen LogP contribution < -0.4 is 5.73 Å². The summed E-state index contributed by atoms with van der Waals surface area (Å²) in [6.07, 6.45) is 2.92. The highest BCUT2D eigenvalue weighted by molar-refractivity contribution is 7.79. The SMILES string of the molecule is C.Nc1ncnc2nc[nH]c12.O=S(=O)(O)O. The minimum Gasteiger partial charge on any atom is -0.382 e. The number of nitrogen functional groups attached to an aromatic ring is 1. The summed E-state index contributed by atoms with van der Waals surface area (Å²) in [5.41, 5.74) is 6.78. The number of nitrogens with zero attached hydrogens (tertiary/aromatic N) is 3. The Labute approximate surface area is 91.3 Å². The minimum atomic E-state index is -4.67. The van der Waals surface area contributed by atoms with E-state index >= 15 is 0 Å². The van der Waals surface area contributed by atoms with Crippen molar-refractivity contribution >= 4 is 27.4 Å². The number of aromatic amines is 1. The predicted molar refractivity (Wildman–Crippen MR) is 57.0 cm³/mol. The van der Waals surface area contributed by atoms with Crippen molar-refractivity contribution in [2.24, 2.45) is 0 Å². The molecule has 10 heteroatoms. The van der Waals surface area contributed by atoms with Gasteiger partial charge in [-0.3, -0.25) is 9.11 Å². The van der Waals surface area contributed by atoms with Gasteiger partial charge in [-0.1, -0.05) is 7.43 Å². The minimum absolute atomic E-state index is 0. The Kier molecular flexibility index (Phi) is 4.75. The van der Waals surface area contributed by atoms with Crippen molar-refractivity contribution in [1.29, 1.82) is 0 Å². The average molecular weight is 249 g/mol. The number of H-pyrrole nitrogens is 1. The fourth-order valence-corrected chi connectivity index (χ4v) is 0.784. The molecule has 0 saturated carbocycles. The third-order valence-corrected chi connectivity index (χ3v) is 1.25. The van der Waals surface area contributed by atoms with Gasteiger partial charge in [0.1, 0.15) is 11.8 Å². The third-order valence-electron chi connectivity index (χ3n) is 1.25. The molecule has 0 fully saturated rings. The van der Waals surface area contributed by atoms with Crippen LogP contribution in [-0.2, 0) is 10.4 Å². The van der Waals surface area contributed by atoms with Crippen LogP contribution in [0.25, 0.3) is 11.2 Å². The summed E-state index contributed by atoms with van der Waals surface area (Å²) in [4.78, 5) is 14.4. The quantitative estimate of drug-likeness (QED) is 0.472. The van der Waals surface area contributed by atoms with Gasteiger partial charge in [-0.2, -0.15) is 8.42 Å². The highest BCUT2D eigenvalue weighted by Crippen LogP contribution is 2.09. The maximum absolute atomic E-state index is 8.74. The van der Waals surface area contributed by atoms with E-state index in [9.17, 15) is 0 Å². The number of fused-ring (bicyclic) bond motifs is 1. The van der Waals surface area contributed by atoms with Crippen molar-refractivity contribution in [3.05, 3.63) is 12.7 Å². The first-order valence-corrected chi connectivity index (χ1v) is 4.87. The van der Waals surface area contributed by atoms with Crippen molar-refractivity contribution < 1.29 is 17.5 Å². The predicted octanol–water partition coefficient (Wildman–Crippen LogP) is -0.0816. The highest BCUT2D eigenvalue weighted by Gasteiger charge is 1.99. The Bertz CT molecular complexity index is 543. The van der Waals surface area contributed by atoms with Crippen LogP contribution in [0.5, 0.6) is 0 Å². The fraction of sp³-hybridized carbons (Fsp3) is 0.167. The van der Waals surface area contributed by atoms with Gasteiger partial charge in [-0.05, 0) is 0 Å². The maximum atomic E-state index is 8.74. The Balaban J connectivity index is 0.000000330. The molecule has 90 valence electrons. The van der Waals surface area contributed by atoms with Gasteiger partial charge in [-0.25, -0.2) is 15.0 Å². The molecule has 2 heterocycles. The number of anilines is 1. The van der Waals surface area contributed by atoms with Crippen LogP contribution in [0.15, 0.2) is 12.7 Å². The largest absolute Gasteiger partial charge is 0.394 e. The van der Waals surface area contributed by atoms with Gasteiger partial charge in [0.25, 0.3) is 0 Å². The lowest BCUT2D eigenvalue weighted by Gasteiger charge is -1.89. The lowest BCUT2D eigenvalue weighted by molar-refractivity contribution is 0.381. The van der Waals surface area contributed by atoms with Crippen LogP contribution in [0.3, 0.4) is 0 Å². The highest BCUT2D eigenvalue weighted by atomic mass is 32.3. The van der Waals surface area contributed by atoms with E-state index in [1.807, 2.05) is 0 Å². The zero-order valence-electron chi connectivity index (χ0n) is 7.19. The van der Waals surface area contributed by atoms with Crippen molar-refractivity contribution in [2.75, 3.05) is 5.73 Å². The van der Waals surface area contributed by atoms with Crippen molar-refractivity contribution in [1.82, 2.24) is 19.9 Å². The van der Waals surface area contributed by atoms with Gasteiger partial charge in [0, 0.05) is 0 Å². The van der Waals surface area contributed by atoms with Crippen LogP contribution >= 0.6 is 0 Å². The summed E-state index contributed by atoms with van der Waals surface area (Å²) >= 11 is 0. The number of nitrogens with two attached hydrogens (primary N) is 1. The summed E-state index contributed by atoms with van der Waals surface area (Å²) in [6, 6.07) is 0. The molecule has 0 bridgehead atoms. The van der Waals surface area contributed by atoms with Gasteiger partial charge >= 0.3 is 10.4 Å². The van der Waals surface area contributed by atoms with E-state index in [2.05, 4.69) is 19.9 Å². The molecule has 9 nitrogen and oxygen atoms in total. The molecule has 2 aromatic rings. The Morgan fingerprint density at radius 2 is 1.81 bits per heavy atom. The van der Waals surface area contributed by atoms with Crippen LogP contribution in [0, 0.1) is 0 Å². The summed E-state index contributed by atoms with van der Waals surface area (Å²) in [6.45, 7) is 0. The van der Waals surface area contributed by atoms with Gasteiger partial charge < -0.3 is 10.7 Å². The summed E-state index contributed by atoms with van der Waals surface area (Å²) in [5, 5.41) is 0. The van der Waals surface area contributed by atoms with Crippen molar-refractivity contribution in [3.63, 3.8) is 0 Å². The summed E-state index contributed by atoms with van der Waals surface area (Å²) in [5.74, 6) is 0.433. The van der Waals surface area contributed by atoms with Gasteiger partial charge in [-0.15, -0.1) is 0 Å². The van der Waals surface area contributed by atoms with Gasteiger partial charge in [0.15, 0.2) is 11.5 Å². The smallest absolute Gasteiger partial charge is 0.382 e. The molecule has 16 heavy (non-hydrogen) atoms. The molecular weight excluding hydrogens is 238 g/mol. The lowest BCUT2D eigenvalue weighted by Crippen LogP contribution is -1.91. The average Bonchev–Trinajstić information content (AvgIpc) is 2.49. The Morgan fingerprint density at radius 1 is 1.25 bits per heavy atom. The number of rotatable bonds is 0. The number of hydrogen-bond acceptors (Lipinski definition) is 6. The molecular formula is C6H11N5O4S. The molecule has 0 saturated heterocycles. The topological polar surface area (TPSA) is 155 Å². The molecule has 0 radical (unpaired) electrons. The molecule has 0 aliphatic rings. The fourth-order valence-electron chi connectivity index (χ4n) is 0.784. The van der Waals surface area contributed by atoms with E-state index in [-0.39, 0.29) is 7.43 Å². The maximum Gasteiger partial charge on any atom is 0.394 e. The molecule has 0 spiro atoms. The van der Waals surface area contributed by atoms with Crippen LogP contribution in [0.4, 0.5) is 5.82 Å². The first kappa shape index (κ1) is 14.2. The third kappa shape index (κ3) is 4.63. The number of aromatic nitrogens is 4. The monoisotopic (exact) mass is 249 g/mol. The zero-order chi connectivity index (χ0) is 11.5. The number of imidazole rings is 1. The van der Waals surface area contributed by atoms with E-state index in [0.717, 1.165) is 0 Å². The molecule has 0 unspecified atom stereocenters. The zero-order valence-corrected chi connectivity index (χ0v) is 8.01. The van der Waals surface area contributed by atoms with Crippen LogP contribution in [0.1, 0.15) is 7.43 Å². The molecule has 5 N–H and O–H groups in total. The number of nitrogens with one attached hydrogen (secondary N) is 1. The standard InChI is InChI=1S/C5H5N5.CH4.H2O4S/c6-4-3-5(9-1-7-3)10-2-8-4;;1-5(2,3)4/h1-2H,(H3,6,7,8,9,10);1H4;(H2,1,2,3,4). The molecule has 2 aromatic heterocycles. The van der Waals surface area contributed by atoms with E-state index in [4.69, 9.17) is 23.3 Å². The van der Waals surface area contributed by atoms with Crippen LogP contribution in [-0.4, -0.2) is 37.5 Å². The summed E-state index contributed by atoms with van der Waals surface area (Å²) in [7, 11) is -4.67. The Morgan fingerprint density at radius 3 is 2.31 bits per heavy atom. The molecule has 2 rings (SSSR count). The molecule has 0 aromatic carbocycles. The van der Waals surface area contributed by atoms with E-state index < -0.39 is 10.4 Å². The van der Waals surface area contributed by atoms with E-state index in [0.29, 0.717) is 17.0 Å². The second-order valence-electron chi connectivity index (χ2n) is 2.31. The molecule has 0 aliphatic carbocycles. The first-order valence-electron chi connectivity index (χ1n) is 3.47. The van der Waals surface area contributed by atoms with Crippen LogP contribution in [0.2, 0.25) is 0 Å². The molecule has 0 aliphatic heterocycles. The van der Waals surface area contributed by atoms with Gasteiger partial charge in [0.2, 0.25) is 0 Å².